The van der Waals surface area contributed by atoms with E-state index in [2.05, 4.69) is 20.3 Å². The number of ether oxygens (including phenoxy) is 1. The number of nitrogens with one attached hydrogen (secondary N) is 1. The van der Waals surface area contributed by atoms with Crippen molar-refractivity contribution in [1.29, 1.82) is 0 Å². The number of hydrogen-bond acceptors (Lipinski definition) is 6. The zero-order chi connectivity index (χ0) is 22.0. The summed E-state index contributed by atoms with van der Waals surface area (Å²) in [6.07, 6.45) is 2.36. The quantitative estimate of drug-likeness (QED) is 0.810. The third kappa shape index (κ3) is 5.15. The van der Waals surface area contributed by atoms with Gasteiger partial charge in [-0.15, -0.1) is 0 Å². The van der Waals surface area contributed by atoms with E-state index in [1.807, 2.05) is 33.0 Å². The lowest BCUT2D eigenvalue weighted by atomic mass is 10.2. The highest BCUT2D eigenvalue weighted by molar-refractivity contribution is 5.82. The molecule has 1 saturated heterocycles. The molecule has 1 atom stereocenters. The Labute approximate surface area is 181 Å². The van der Waals surface area contributed by atoms with Gasteiger partial charge in [-0.1, -0.05) is 0 Å². The van der Waals surface area contributed by atoms with Crippen molar-refractivity contribution < 1.29 is 13.9 Å². The standard InChI is InChI=1S/C22H29FN6O2/c1-22(2,3)31-21(30)27-12-13-28-19(15-27)14-25-20(28)24-10-8-17-9-11-29(26-17)18-6-4-16(23)5-7-18/h4-7,9,11,19H,8,10,12-15H2,1-3H3,(H,24,25). The predicted octanol–water partition coefficient (Wildman–Crippen LogP) is 2.43. The number of aromatic nitrogens is 2. The topological polar surface area (TPSA) is 75.0 Å². The number of benzene rings is 1. The first-order chi connectivity index (χ1) is 14.8. The summed E-state index contributed by atoms with van der Waals surface area (Å²) in [7, 11) is 0. The maximum absolute atomic E-state index is 13.1. The molecule has 1 fully saturated rings. The molecule has 1 aromatic carbocycles. The molecule has 0 aliphatic carbocycles. The number of hydrogen-bond donors (Lipinski definition) is 1. The fourth-order valence-corrected chi connectivity index (χ4v) is 3.76. The Morgan fingerprint density at radius 2 is 2.00 bits per heavy atom. The molecular weight excluding hydrogens is 399 g/mol. The molecule has 2 aliphatic heterocycles. The molecule has 0 spiro atoms. The number of halogens is 1. The van der Waals surface area contributed by atoms with Crippen LogP contribution in [-0.2, 0) is 11.2 Å². The van der Waals surface area contributed by atoms with Crippen LogP contribution < -0.4 is 5.32 Å². The molecule has 1 aromatic heterocycles. The van der Waals surface area contributed by atoms with Gasteiger partial charge >= 0.3 is 6.09 Å². The highest BCUT2D eigenvalue weighted by Gasteiger charge is 2.36. The Bertz CT molecular complexity index is 950. The number of guanidine groups is 1. The fourth-order valence-electron chi connectivity index (χ4n) is 3.76. The Morgan fingerprint density at radius 3 is 2.74 bits per heavy atom. The average molecular weight is 429 g/mol. The third-order valence-electron chi connectivity index (χ3n) is 5.26. The molecule has 2 aromatic rings. The molecule has 166 valence electrons. The highest BCUT2D eigenvalue weighted by Crippen LogP contribution is 2.18. The molecule has 9 heteroatoms. The first-order valence-corrected chi connectivity index (χ1v) is 10.6. The summed E-state index contributed by atoms with van der Waals surface area (Å²) in [5, 5.41) is 7.97. The lowest BCUT2D eigenvalue weighted by molar-refractivity contribution is 0.0137. The number of carbonyl (C=O) groups excluding carboxylic acids is 1. The largest absolute Gasteiger partial charge is 0.444 e. The van der Waals surface area contributed by atoms with Gasteiger partial charge in [0.15, 0.2) is 5.96 Å². The molecule has 8 nitrogen and oxygen atoms in total. The minimum Gasteiger partial charge on any atom is -0.444 e. The van der Waals surface area contributed by atoms with Crippen molar-refractivity contribution >= 4 is 12.1 Å². The summed E-state index contributed by atoms with van der Waals surface area (Å²) in [6, 6.07) is 8.40. The molecule has 0 saturated carbocycles. The van der Waals surface area contributed by atoms with E-state index in [9.17, 15) is 9.18 Å². The van der Waals surface area contributed by atoms with Crippen molar-refractivity contribution in [3.63, 3.8) is 0 Å². The Hall–Kier alpha value is -3.10. The zero-order valence-electron chi connectivity index (χ0n) is 18.2. The molecule has 0 radical (unpaired) electrons. The van der Waals surface area contributed by atoms with Crippen LogP contribution in [0, 0.1) is 5.82 Å². The van der Waals surface area contributed by atoms with E-state index < -0.39 is 5.60 Å². The number of fused-ring (bicyclic) bond motifs is 1. The molecule has 0 bridgehead atoms. The maximum Gasteiger partial charge on any atom is 0.410 e. The fraction of sp³-hybridized carbons (Fsp3) is 0.500. The maximum atomic E-state index is 13.1. The Morgan fingerprint density at radius 1 is 1.23 bits per heavy atom. The van der Waals surface area contributed by atoms with Crippen LogP contribution in [0.15, 0.2) is 41.5 Å². The molecule has 31 heavy (non-hydrogen) atoms. The number of aliphatic imine (C=N–C) groups is 1. The van der Waals surface area contributed by atoms with Crippen LogP contribution in [-0.4, -0.2) is 76.0 Å². The number of nitrogens with zero attached hydrogens (tertiary/aromatic N) is 5. The number of carbonyl (C=O) groups is 1. The Balaban J connectivity index is 1.25. The van der Waals surface area contributed by atoms with Gasteiger partial charge in [-0.05, 0) is 51.1 Å². The normalized spacial score (nSPS) is 18.6. The van der Waals surface area contributed by atoms with Gasteiger partial charge in [-0.3, -0.25) is 4.99 Å². The van der Waals surface area contributed by atoms with E-state index in [1.54, 1.807) is 21.7 Å². The van der Waals surface area contributed by atoms with E-state index in [-0.39, 0.29) is 18.0 Å². The molecule has 1 amide bonds. The van der Waals surface area contributed by atoms with Crippen molar-refractivity contribution in [1.82, 2.24) is 24.9 Å². The lowest BCUT2D eigenvalue weighted by Crippen LogP contribution is -2.57. The van der Waals surface area contributed by atoms with Crippen LogP contribution in [0.1, 0.15) is 26.5 Å². The second-order valence-corrected chi connectivity index (χ2v) is 8.84. The van der Waals surface area contributed by atoms with Gasteiger partial charge in [0.05, 0.1) is 24.0 Å². The van der Waals surface area contributed by atoms with E-state index in [0.717, 1.165) is 30.3 Å². The SMILES string of the molecule is CC(C)(C)OC(=O)N1CCN2C(NCCc3ccn(-c4ccc(F)cc4)n3)=NCC2C1. The molecule has 1 unspecified atom stereocenters. The molecule has 1 N–H and O–H groups in total. The minimum atomic E-state index is -0.489. The van der Waals surface area contributed by atoms with Crippen LogP contribution in [0.2, 0.25) is 0 Å². The minimum absolute atomic E-state index is 0.182. The number of piperazine rings is 1. The van der Waals surface area contributed by atoms with Gasteiger partial charge in [0, 0.05) is 38.8 Å². The third-order valence-corrected chi connectivity index (χ3v) is 5.26. The van der Waals surface area contributed by atoms with E-state index in [1.165, 1.54) is 12.1 Å². The summed E-state index contributed by atoms with van der Waals surface area (Å²) < 4.78 is 20.3. The second-order valence-electron chi connectivity index (χ2n) is 8.84. The first kappa shape index (κ1) is 21.1. The van der Waals surface area contributed by atoms with E-state index in [4.69, 9.17) is 4.74 Å². The van der Waals surface area contributed by atoms with Gasteiger partial charge < -0.3 is 19.9 Å². The monoisotopic (exact) mass is 428 g/mol. The summed E-state index contributed by atoms with van der Waals surface area (Å²) in [5.41, 5.74) is 1.28. The van der Waals surface area contributed by atoms with Crippen molar-refractivity contribution in [2.75, 3.05) is 32.7 Å². The first-order valence-electron chi connectivity index (χ1n) is 10.6. The van der Waals surface area contributed by atoms with Gasteiger partial charge in [0.1, 0.15) is 11.4 Å². The predicted molar refractivity (Wildman–Crippen MR) is 116 cm³/mol. The average Bonchev–Trinajstić information content (AvgIpc) is 3.34. The van der Waals surface area contributed by atoms with Gasteiger partial charge in [-0.2, -0.15) is 5.10 Å². The van der Waals surface area contributed by atoms with Crippen LogP contribution in [0.25, 0.3) is 5.69 Å². The number of amides is 1. The zero-order valence-corrected chi connectivity index (χ0v) is 18.2. The van der Waals surface area contributed by atoms with Crippen LogP contribution in [0.5, 0.6) is 0 Å². The molecule has 2 aliphatic rings. The smallest absolute Gasteiger partial charge is 0.410 e. The van der Waals surface area contributed by atoms with Gasteiger partial charge in [0.25, 0.3) is 0 Å². The van der Waals surface area contributed by atoms with Crippen LogP contribution in [0.4, 0.5) is 9.18 Å². The van der Waals surface area contributed by atoms with Crippen LogP contribution in [0.3, 0.4) is 0 Å². The second kappa shape index (κ2) is 8.56. The van der Waals surface area contributed by atoms with E-state index in [0.29, 0.717) is 26.2 Å². The van der Waals surface area contributed by atoms with Crippen molar-refractivity contribution in [3.8, 4) is 5.69 Å². The van der Waals surface area contributed by atoms with Crippen molar-refractivity contribution in [3.05, 3.63) is 48.0 Å². The highest BCUT2D eigenvalue weighted by atomic mass is 19.1. The summed E-state index contributed by atoms with van der Waals surface area (Å²) in [5.74, 6) is 0.620. The van der Waals surface area contributed by atoms with Crippen LogP contribution >= 0.6 is 0 Å². The van der Waals surface area contributed by atoms with Crippen molar-refractivity contribution in [2.24, 2.45) is 4.99 Å². The van der Waals surface area contributed by atoms with E-state index >= 15 is 0 Å². The molecule has 3 heterocycles. The number of rotatable bonds is 4. The van der Waals surface area contributed by atoms with Gasteiger partial charge in [-0.25, -0.2) is 13.9 Å². The summed E-state index contributed by atoms with van der Waals surface area (Å²) in [4.78, 5) is 21.0. The lowest BCUT2D eigenvalue weighted by Gasteiger charge is -2.39. The summed E-state index contributed by atoms with van der Waals surface area (Å²) >= 11 is 0. The van der Waals surface area contributed by atoms with Crippen molar-refractivity contribution in [2.45, 2.75) is 38.8 Å². The summed E-state index contributed by atoms with van der Waals surface area (Å²) in [6.45, 7) is 8.98. The molecule has 4 rings (SSSR count). The molecular formula is C22H29FN6O2. The van der Waals surface area contributed by atoms with Gasteiger partial charge in [0.2, 0.25) is 0 Å². The Kier molecular flexibility index (Phi) is 5.84.